The molecule has 2 nitrogen and oxygen atoms in total. The molecule has 0 saturated heterocycles. The van der Waals surface area contributed by atoms with E-state index in [9.17, 15) is 13.6 Å². The largest absolute Gasteiger partial charge is 0.319 e. The van der Waals surface area contributed by atoms with Crippen molar-refractivity contribution in [1.82, 2.24) is 4.98 Å². The molecule has 0 saturated carbocycles. The fourth-order valence-corrected chi connectivity index (χ4v) is 2.16. The molecule has 0 radical (unpaired) electrons. The lowest BCUT2D eigenvalue weighted by Gasteiger charge is -2.05. The third-order valence-electron chi connectivity index (χ3n) is 3.04. The van der Waals surface area contributed by atoms with Crippen molar-refractivity contribution in [2.24, 2.45) is 0 Å². The van der Waals surface area contributed by atoms with E-state index in [2.05, 4.69) is 4.98 Å². The SMILES string of the molecule is Cc1ccc2c(c1)c(=O)[nH]c1c(F)c(F)ccc12. The zero-order valence-electron chi connectivity index (χ0n) is 9.55. The Balaban J connectivity index is 2.63. The molecule has 0 aliphatic carbocycles. The predicted molar refractivity (Wildman–Crippen MR) is 66.7 cm³/mol. The van der Waals surface area contributed by atoms with Crippen LogP contribution in [0.15, 0.2) is 35.1 Å². The average Bonchev–Trinajstić information content (AvgIpc) is 2.35. The van der Waals surface area contributed by atoms with E-state index in [4.69, 9.17) is 0 Å². The van der Waals surface area contributed by atoms with Crippen LogP contribution in [0.2, 0.25) is 0 Å². The summed E-state index contributed by atoms with van der Waals surface area (Å²) in [5.41, 5.74) is 0.442. The number of nitrogens with one attached hydrogen (secondary N) is 1. The fraction of sp³-hybridized carbons (Fsp3) is 0.0714. The highest BCUT2D eigenvalue weighted by Crippen LogP contribution is 2.24. The number of rotatable bonds is 0. The molecule has 3 rings (SSSR count). The number of H-pyrrole nitrogens is 1. The first-order chi connectivity index (χ1) is 8.58. The van der Waals surface area contributed by atoms with Gasteiger partial charge in [0.15, 0.2) is 11.6 Å². The molecule has 1 aromatic heterocycles. The molecular formula is C14H9F2NO. The molecule has 1 N–H and O–H groups in total. The zero-order chi connectivity index (χ0) is 12.9. The molecule has 0 fully saturated rings. The summed E-state index contributed by atoms with van der Waals surface area (Å²) in [4.78, 5) is 14.3. The van der Waals surface area contributed by atoms with Gasteiger partial charge in [0.2, 0.25) is 0 Å². The number of fused-ring (bicyclic) bond motifs is 3. The summed E-state index contributed by atoms with van der Waals surface area (Å²) in [6, 6.07) is 7.85. The Hall–Kier alpha value is -2.23. The monoisotopic (exact) mass is 245 g/mol. The third kappa shape index (κ3) is 1.42. The summed E-state index contributed by atoms with van der Waals surface area (Å²) >= 11 is 0. The Morgan fingerprint density at radius 2 is 1.72 bits per heavy atom. The zero-order valence-corrected chi connectivity index (χ0v) is 9.55. The molecule has 3 aromatic rings. The van der Waals surface area contributed by atoms with Crippen LogP contribution in [0.5, 0.6) is 0 Å². The van der Waals surface area contributed by atoms with Gasteiger partial charge >= 0.3 is 0 Å². The van der Waals surface area contributed by atoms with Gasteiger partial charge in [0.05, 0.1) is 5.52 Å². The first kappa shape index (κ1) is 10.9. The summed E-state index contributed by atoms with van der Waals surface area (Å²) in [6.45, 7) is 1.87. The lowest BCUT2D eigenvalue weighted by atomic mass is 10.0. The molecule has 18 heavy (non-hydrogen) atoms. The van der Waals surface area contributed by atoms with E-state index in [1.807, 2.05) is 13.0 Å². The smallest absolute Gasteiger partial charge is 0.256 e. The van der Waals surface area contributed by atoms with Gasteiger partial charge in [-0.3, -0.25) is 4.79 Å². The third-order valence-corrected chi connectivity index (χ3v) is 3.04. The first-order valence-corrected chi connectivity index (χ1v) is 5.48. The Kier molecular flexibility index (Phi) is 2.20. The molecule has 90 valence electrons. The molecule has 0 aliphatic rings. The van der Waals surface area contributed by atoms with Crippen LogP contribution in [0, 0.1) is 18.6 Å². The highest BCUT2D eigenvalue weighted by atomic mass is 19.2. The van der Waals surface area contributed by atoms with Gasteiger partial charge in [0.25, 0.3) is 5.56 Å². The Bertz CT molecular complexity index is 836. The van der Waals surface area contributed by atoms with Gasteiger partial charge in [-0.2, -0.15) is 0 Å². The highest BCUT2D eigenvalue weighted by Gasteiger charge is 2.11. The van der Waals surface area contributed by atoms with Crippen LogP contribution in [0.25, 0.3) is 21.7 Å². The van der Waals surface area contributed by atoms with Gasteiger partial charge in [-0.1, -0.05) is 17.7 Å². The number of hydrogen-bond donors (Lipinski definition) is 1. The summed E-state index contributed by atoms with van der Waals surface area (Å²) in [5, 5.41) is 1.61. The second-order valence-electron chi connectivity index (χ2n) is 4.29. The molecule has 0 atom stereocenters. The summed E-state index contributed by atoms with van der Waals surface area (Å²) in [7, 11) is 0. The molecule has 1 heterocycles. The van der Waals surface area contributed by atoms with Crippen LogP contribution in [0.1, 0.15) is 5.56 Å². The minimum atomic E-state index is -1.02. The number of halogens is 2. The van der Waals surface area contributed by atoms with Crippen LogP contribution < -0.4 is 5.56 Å². The van der Waals surface area contributed by atoms with E-state index in [-0.39, 0.29) is 5.52 Å². The van der Waals surface area contributed by atoms with Gasteiger partial charge in [-0.15, -0.1) is 0 Å². The quantitative estimate of drug-likeness (QED) is 0.606. The number of aryl methyl sites for hydroxylation is 1. The number of pyridine rings is 1. The second kappa shape index (κ2) is 3.63. The van der Waals surface area contributed by atoms with E-state index in [1.165, 1.54) is 6.07 Å². The maximum absolute atomic E-state index is 13.6. The van der Waals surface area contributed by atoms with E-state index >= 15 is 0 Å². The normalized spacial score (nSPS) is 11.3. The molecule has 0 spiro atoms. The van der Waals surface area contributed by atoms with Crippen LogP contribution >= 0.6 is 0 Å². The lowest BCUT2D eigenvalue weighted by molar-refractivity contribution is 0.515. The second-order valence-corrected chi connectivity index (χ2v) is 4.29. The summed E-state index contributed by atoms with van der Waals surface area (Å²) < 4.78 is 26.8. The Labute approximate surface area is 101 Å². The molecule has 2 aromatic carbocycles. The number of aromatic nitrogens is 1. The van der Waals surface area contributed by atoms with E-state index in [1.54, 1.807) is 12.1 Å². The molecule has 0 aliphatic heterocycles. The van der Waals surface area contributed by atoms with E-state index in [0.717, 1.165) is 11.6 Å². The molecule has 0 amide bonds. The maximum atomic E-state index is 13.6. The highest BCUT2D eigenvalue weighted by molar-refractivity contribution is 6.05. The minimum Gasteiger partial charge on any atom is -0.319 e. The molecular weight excluding hydrogens is 236 g/mol. The van der Waals surface area contributed by atoms with Gasteiger partial charge in [0.1, 0.15) is 0 Å². The van der Waals surface area contributed by atoms with Crippen LogP contribution in [0.4, 0.5) is 8.78 Å². The van der Waals surface area contributed by atoms with Crippen molar-refractivity contribution in [3.8, 4) is 0 Å². The topological polar surface area (TPSA) is 32.9 Å². The Morgan fingerprint density at radius 3 is 2.50 bits per heavy atom. The first-order valence-electron chi connectivity index (χ1n) is 5.48. The summed E-state index contributed by atoms with van der Waals surface area (Å²) in [6.07, 6.45) is 0. The van der Waals surface area contributed by atoms with Gasteiger partial charge in [-0.25, -0.2) is 8.78 Å². The van der Waals surface area contributed by atoms with Crippen molar-refractivity contribution in [3.05, 3.63) is 57.9 Å². The summed E-state index contributed by atoms with van der Waals surface area (Å²) in [5.74, 6) is -1.99. The van der Waals surface area contributed by atoms with Crippen molar-refractivity contribution in [1.29, 1.82) is 0 Å². The van der Waals surface area contributed by atoms with Gasteiger partial charge in [0, 0.05) is 10.8 Å². The van der Waals surface area contributed by atoms with Crippen LogP contribution in [0.3, 0.4) is 0 Å². The lowest BCUT2D eigenvalue weighted by Crippen LogP contribution is -2.08. The van der Waals surface area contributed by atoms with Crippen molar-refractivity contribution in [2.45, 2.75) is 6.92 Å². The van der Waals surface area contributed by atoms with Crippen molar-refractivity contribution < 1.29 is 8.78 Å². The molecule has 4 heteroatoms. The standard InChI is InChI=1S/C14H9F2NO/c1-7-2-3-8-9-4-5-11(15)12(16)13(9)17-14(18)10(8)6-7/h2-6H,1H3,(H,17,18). The maximum Gasteiger partial charge on any atom is 0.256 e. The van der Waals surface area contributed by atoms with Crippen molar-refractivity contribution in [3.63, 3.8) is 0 Å². The van der Waals surface area contributed by atoms with Gasteiger partial charge < -0.3 is 4.98 Å². The van der Waals surface area contributed by atoms with E-state index in [0.29, 0.717) is 16.2 Å². The minimum absolute atomic E-state index is 0.0867. The fourth-order valence-electron chi connectivity index (χ4n) is 2.16. The van der Waals surface area contributed by atoms with Crippen LogP contribution in [-0.4, -0.2) is 4.98 Å². The number of aromatic amines is 1. The van der Waals surface area contributed by atoms with Crippen molar-refractivity contribution >= 4 is 21.7 Å². The van der Waals surface area contributed by atoms with Gasteiger partial charge in [-0.05, 0) is 30.5 Å². The average molecular weight is 245 g/mol. The van der Waals surface area contributed by atoms with Crippen molar-refractivity contribution in [2.75, 3.05) is 0 Å². The molecule has 0 unspecified atom stereocenters. The molecule has 0 bridgehead atoms. The van der Waals surface area contributed by atoms with Crippen LogP contribution in [-0.2, 0) is 0 Å². The number of hydrogen-bond acceptors (Lipinski definition) is 1. The van der Waals surface area contributed by atoms with E-state index < -0.39 is 17.2 Å². The number of benzene rings is 2. The Morgan fingerprint density at radius 1 is 1.00 bits per heavy atom. The predicted octanol–water partition coefficient (Wildman–Crippen LogP) is 3.27.